The molecule has 2 bridgehead atoms. The molecule has 2 aliphatic rings. The number of aromatic hydroxyl groups is 1. The molecule has 1 fully saturated rings. The van der Waals surface area contributed by atoms with E-state index in [4.69, 9.17) is 4.74 Å². The summed E-state index contributed by atoms with van der Waals surface area (Å²) in [5.74, 6) is -0.0325. The number of benzene rings is 2. The molecular formula is C26H34Cl2F3NO2. The average molecular weight is 520 g/mol. The molecule has 0 amide bonds. The van der Waals surface area contributed by atoms with Crippen LogP contribution in [0.4, 0.5) is 13.2 Å². The molecule has 34 heavy (non-hydrogen) atoms. The van der Waals surface area contributed by atoms with Gasteiger partial charge in [0, 0.05) is 18.0 Å². The van der Waals surface area contributed by atoms with Crippen LogP contribution in [0, 0.1) is 5.41 Å². The van der Waals surface area contributed by atoms with Crippen molar-refractivity contribution < 1.29 is 23.0 Å². The molecule has 0 aromatic heterocycles. The number of piperidine rings is 1. The van der Waals surface area contributed by atoms with Crippen molar-refractivity contribution in [2.45, 2.75) is 70.9 Å². The van der Waals surface area contributed by atoms with Crippen molar-refractivity contribution in [2.24, 2.45) is 5.41 Å². The Morgan fingerprint density at radius 1 is 1.09 bits per heavy atom. The van der Waals surface area contributed by atoms with Gasteiger partial charge < -0.3 is 9.84 Å². The van der Waals surface area contributed by atoms with E-state index in [9.17, 15) is 18.3 Å². The Labute approximate surface area is 212 Å². The van der Waals surface area contributed by atoms with Crippen molar-refractivity contribution in [3.8, 4) is 5.75 Å². The molecule has 3 atom stereocenters. The number of ether oxygens (including phenoxy) is 1. The number of halogens is 5. The molecule has 2 aromatic rings. The summed E-state index contributed by atoms with van der Waals surface area (Å²) in [4.78, 5) is 2.35. The first-order valence-electron chi connectivity index (χ1n) is 11.3. The number of likely N-dealkylation sites (tertiary alicyclic amines) is 1. The van der Waals surface area contributed by atoms with Gasteiger partial charge in [0.2, 0.25) is 0 Å². The molecule has 1 heterocycles. The summed E-state index contributed by atoms with van der Waals surface area (Å²) >= 11 is 0. The maximum atomic E-state index is 13.9. The van der Waals surface area contributed by atoms with Crippen molar-refractivity contribution in [2.75, 3.05) is 13.1 Å². The Bertz CT molecular complexity index is 984. The molecule has 8 heteroatoms. The van der Waals surface area contributed by atoms with Crippen molar-refractivity contribution >= 4 is 24.8 Å². The minimum atomic E-state index is -4.44. The summed E-state index contributed by atoms with van der Waals surface area (Å²) in [5, 5.41) is 10.6. The van der Waals surface area contributed by atoms with E-state index in [1.54, 1.807) is 0 Å². The Kier molecular flexibility index (Phi) is 8.68. The first kappa shape index (κ1) is 28.8. The first-order chi connectivity index (χ1) is 14.9. The highest BCUT2D eigenvalue weighted by molar-refractivity contribution is 5.85. The van der Waals surface area contributed by atoms with Gasteiger partial charge in [-0.05, 0) is 60.5 Å². The van der Waals surface area contributed by atoms with Crippen LogP contribution < -0.4 is 0 Å². The topological polar surface area (TPSA) is 32.7 Å². The summed E-state index contributed by atoms with van der Waals surface area (Å²) in [7, 11) is 0. The van der Waals surface area contributed by atoms with Gasteiger partial charge in [-0.25, -0.2) is 0 Å². The fraction of sp³-hybridized carbons (Fsp3) is 0.538. The van der Waals surface area contributed by atoms with Gasteiger partial charge in [-0.15, -0.1) is 24.8 Å². The molecule has 3 nitrogen and oxygen atoms in total. The molecule has 1 aliphatic carbocycles. The Morgan fingerprint density at radius 2 is 1.74 bits per heavy atom. The van der Waals surface area contributed by atoms with Gasteiger partial charge >= 0.3 is 6.18 Å². The second kappa shape index (κ2) is 10.3. The number of hydrogen-bond acceptors (Lipinski definition) is 3. The number of fused-ring (bicyclic) bond motifs is 4. The molecule has 4 rings (SSSR count). The van der Waals surface area contributed by atoms with Crippen LogP contribution in [0.5, 0.6) is 5.75 Å². The maximum absolute atomic E-state index is 13.9. The van der Waals surface area contributed by atoms with Crippen molar-refractivity contribution in [3.05, 3.63) is 64.7 Å². The molecule has 1 N–H and O–H groups in total. The molecule has 0 spiro atoms. The molecule has 0 saturated carbocycles. The number of phenolic OH excluding ortho intramolecular Hbond substituents is 1. The predicted octanol–water partition coefficient (Wildman–Crippen LogP) is 6.77. The standard InChI is InChI=1S/C26H32F3NO2.2ClH/c1-17(32-16-18-8-6-5-7-9-18)15-30-13-12-25(4)23-19(14-22(30)24(25,2)3)21(31)11-10-20(23)26(27,28)29;;/h5-11,17,22,31H,12-16H2,1-4H3;2*1H. The molecule has 3 unspecified atom stereocenters. The Hall–Kier alpha value is -1.47. The van der Waals surface area contributed by atoms with Crippen LogP contribution >= 0.6 is 24.8 Å². The van der Waals surface area contributed by atoms with Crippen molar-refractivity contribution in [1.29, 1.82) is 0 Å². The smallest absolute Gasteiger partial charge is 0.416 e. The third-order valence-corrected chi connectivity index (χ3v) is 8.01. The molecular weight excluding hydrogens is 486 g/mol. The summed E-state index contributed by atoms with van der Waals surface area (Å²) < 4.78 is 47.8. The molecule has 0 radical (unpaired) electrons. The SMILES string of the molecule is CC(CN1CCC2(C)c3c(C(F)(F)F)ccc(O)c3CC1C2(C)C)OCc1ccccc1.Cl.Cl. The summed E-state index contributed by atoms with van der Waals surface area (Å²) in [5.41, 5.74) is 0.174. The lowest BCUT2D eigenvalue weighted by molar-refractivity contribution is -0.141. The minimum Gasteiger partial charge on any atom is -0.508 e. The van der Waals surface area contributed by atoms with E-state index in [0.29, 0.717) is 43.7 Å². The lowest BCUT2D eigenvalue weighted by atomic mass is 9.50. The van der Waals surface area contributed by atoms with E-state index in [1.165, 1.54) is 6.07 Å². The van der Waals surface area contributed by atoms with E-state index in [2.05, 4.69) is 18.7 Å². The molecule has 190 valence electrons. The van der Waals surface area contributed by atoms with Gasteiger partial charge in [0.05, 0.1) is 18.3 Å². The Balaban J connectivity index is 0.00000204. The highest BCUT2D eigenvalue weighted by atomic mass is 35.5. The zero-order valence-electron chi connectivity index (χ0n) is 20.0. The van der Waals surface area contributed by atoms with Crippen molar-refractivity contribution in [3.63, 3.8) is 0 Å². The van der Waals surface area contributed by atoms with E-state index in [-0.39, 0.29) is 42.7 Å². The average Bonchev–Trinajstić information content (AvgIpc) is 2.71. The van der Waals surface area contributed by atoms with Crippen LogP contribution in [0.3, 0.4) is 0 Å². The van der Waals surface area contributed by atoms with Crippen LogP contribution in [0.1, 0.15) is 56.4 Å². The van der Waals surface area contributed by atoms with Gasteiger partial charge in [0.1, 0.15) is 5.75 Å². The lowest BCUT2D eigenvalue weighted by Gasteiger charge is -2.61. The fourth-order valence-electron chi connectivity index (χ4n) is 5.82. The van der Waals surface area contributed by atoms with Gasteiger partial charge in [-0.3, -0.25) is 4.90 Å². The van der Waals surface area contributed by atoms with E-state index in [1.807, 2.05) is 44.2 Å². The van der Waals surface area contributed by atoms with Gasteiger partial charge in [0.25, 0.3) is 0 Å². The molecule has 2 aromatic carbocycles. The first-order valence-corrected chi connectivity index (χ1v) is 11.3. The summed E-state index contributed by atoms with van der Waals surface area (Å²) in [6, 6.07) is 12.3. The number of phenols is 1. The fourth-order valence-corrected chi connectivity index (χ4v) is 5.82. The highest BCUT2D eigenvalue weighted by Gasteiger charge is 2.58. The summed E-state index contributed by atoms with van der Waals surface area (Å²) in [6.45, 7) is 10.1. The van der Waals surface area contributed by atoms with Crippen LogP contribution in [-0.4, -0.2) is 35.2 Å². The Morgan fingerprint density at radius 3 is 2.35 bits per heavy atom. The van der Waals surface area contributed by atoms with Crippen LogP contribution in [0.2, 0.25) is 0 Å². The third kappa shape index (κ3) is 4.92. The maximum Gasteiger partial charge on any atom is 0.416 e. The third-order valence-electron chi connectivity index (χ3n) is 8.01. The number of alkyl halides is 3. The zero-order chi connectivity index (χ0) is 23.3. The van der Waals surface area contributed by atoms with Crippen LogP contribution in [0.15, 0.2) is 42.5 Å². The highest BCUT2D eigenvalue weighted by Crippen LogP contribution is 2.59. The number of hydrogen-bond donors (Lipinski definition) is 1. The second-order valence-electron chi connectivity index (χ2n) is 10.1. The number of rotatable bonds is 5. The monoisotopic (exact) mass is 519 g/mol. The van der Waals surface area contributed by atoms with Crippen LogP contribution in [-0.2, 0) is 29.4 Å². The van der Waals surface area contributed by atoms with Crippen molar-refractivity contribution in [1.82, 2.24) is 4.90 Å². The van der Waals surface area contributed by atoms with E-state index >= 15 is 0 Å². The quantitative estimate of drug-likeness (QED) is 0.472. The molecule has 1 aliphatic heterocycles. The zero-order valence-corrected chi connectivity index (χ0v) is 21.6. The predicted molar refractivity (Wildman–Crippen MR) is 133 cm³/mol. The van der Waals surface area contributed by atoms with Gasteiger partial charge in [0.15, 0.2) is 0 Å². The van der Waals surface area contributed by atoms with Gasteiger partial charge in [-0.2, -0.15) is 13.2 Å². The largest absolute Gasteiger partial charge is 0.508 e. The van der Waals surface area contributed by atoms with E-state index < -0.39 is 22.6 Å². The normalized spacial score (nSPS) is 24.4. The molecule has 1 saturated heterocycles. The summed E-state index contributed by atoms with van der Waals surface area (Å²) in [6.07, 6.45) is -3.46. The van der Waals surface area contributed by atoms with Crippen LogP contribution in [0.25, 0.3) is 0 Å². The van der Waals surface area contributed by atoms with Gasteiger partial charge in [-0.1, -0.05) is 51.1 Å². The van der Waals surface area contributed by atoms with E-state index in [0.717, 1.165) is 11.6 Å². The lowest BCUT2D eigenvalue weighted by Crippen LogP contribution is -2.65. The minimum absolute atomic E-state index is 0. The number of nitrogens with zero attached hydrogens (tertiary/aromatic N) is 1. The second-order valence-corrected chi connectivity index (χ2v) is 10.1.